The molecule has 2 rings (SSSR count). The van der Waals surface area contributed by atoms with Gasteiger partial charge < -0.3 is 15.1 Å². The molecular formula is C12H18N4O. The van der Waals surface area contributed by atoms with Crippen LogP contribution in [-0.2, 0) is 0 Å². The molecule has 0 aliphatic carbocycles. The average molecular weight is 234 g/mol. The third-order valence-electron chi connectivity index (χ3n) is 2.86. The highest BCUT2D eigenvalue weighted by Crippen LogP contribution is 2.13. The molecular weight excluding hydrogens is 216 g/mol. The van der Waals surface area contributed by atoms with E-state index >= 15 is 0 Å². The monoisotopic (exact) mass is 234 g/mol. The van der Waals surface area contributed by atoms with Gasteiger partial charge in [0, 0.05) is 40.3 Å². The molecule has 1 saturated heterocycles. The zero-order chi connectivity index (χ0) is 12.3. The Bertz CT molecular complexity index is 382. The lowest BCUT2D eigenvalue weighted by Gasteiger charge is -2.29. The summed E-state index contributed by atoms with van der Waals surface area (Å²) in [5.41, 5.74) is 1.58. The molecule has 1 aromatic rings. The van der Waals surface area contributed by atoms with Crippen LogP contribution in [0.5, 0.6) is 0 Å². The SMILES string of the molecule is CN(C)C(=O)c1ccc(N2CCNCC2)cn1. The van der Waals surface area contributed by atoms with E-state index in [1.165, 1.54) is 4.90 Å². The number of hydrogen-bond donors (Lipinski definition) is 1. The average Bonchev–Trinajstić information content (AvgIpc) is 2.39. The lowest BCUT2D eigenvalue weighted by atomic mass is 10.2. The first-order chi connectivity index (χ1) is 8.18. The third kappa shape index (κ3) is 2.74. The van der Waals surface area contributed by atoms with Crippen molar-refractivity contribution < 1.29 is 4.79 Å². The lowest BCUT2D eigenvalue weighted by Crippen LogP contribution is -2.43. The molecule has 1 aliphatic rings. The van der Waals surface area contributed by atoms with Crippen molar-refractivity contribution in [1.82, 2.24) is 15.2 Å². The van der Waals surface area contributed by atoms with E-state index in [1.54, 1.807) is 26.4 Å². The third-order valence-corrected chi connectivity index (χ3v) is 2.86. The maximum absolute atomic E-state index is 11.7. The van der Waals surface area contributed by atoms with Crippen molar-refractivity contribution in [2.45, 2.75) is 0 Å². The van der Waals surface area contributed by atoms with E-state index in [-0.39, 0.29) is 5.91 Å². The second kappa shape index (κ2) is 5.14. The minimum Gasteiger partial charge on any atom is -0.368 e. The second-order valence-corrected chi connectivity index (χ2v) is 4.34. The smallest absolute Gasteiger partial charge is 0.271 e. The number of nitrogens with one attached hydrogen (secondary N) is 1. The largest absolute Gasteiger partial charge is 0.368 e. The molecule has 0 atom stereocenters. The molecule has 0 bridgehead atoms. The Morgan fingerprint density at radius 1 is 1.35 bits per heavy atom. The fraction of sp³-hybridized carbons (Fsp3) is 0.500. The Morgan fingerprint density at radius 3 is 2.59 bits per heavy atom. The summed E-state index contributed by atoms with van der Waals surface area (Å²) < 4.78 is 0. The highest BCUT2D eigenvalue weighted by molar-refractivity contribution is 5.92. The number of carbonyl (C=O) groups excluding carboxylic acids is 1. The second-order valence-electron chi connectivity index (χ2n) is 4.34. The van der Waals surface area contributed by atoms with Gasteiger partial charge >= 0.3 is 0 Å². The van der Waals surface area contributed by atoms with Crippen LogP contribution in [0.4, 0.5) is 5.69 Å². The standard InChI is InChI=1S/C12H18N4O/c1-15(2)12(17)11-4-3-10(9-14-11)16-7-5-13-6-8-16/h3-4,9,13H,5-8H2,1-2H3. The van der Waals surface area contributed by atoms with Gasteiger partial charge in [0.2, 0.25) is 0 Å². The molecule has 1 aromatic heterocycles. The van der Waals surface area contributed by atoms with Crippen molar-refractivity contribution in [3.8, 4) is 0 Å². The fourth-order valence-electron chi connectivity index (χ4n) is 1.85. The summed E-state index contributed by atoms with van der Waals surface area (Å²) in [5, 5.41) is 3.31. The van der Waals surface area contributed by atoms with Crippen LogP contribution in [0.25, 0.3) is 0 Å². The van der Waals surface area contributed by atoms with Crippen molar-refractivity contribution in [2.75, 3.05) is 45.2 Å². The first-order valence-electron chi connectivity index (χ1n) is 5.82. The molecule has 1 amide bonds. The van der Waals surface area contributed by atoms with Gasteiger partial charge in [0.15, 0.2) is 0 Å². The maximum atomic E-state index is 11.7. The van der Waals surface area contributed by atoms with Crippen LogP contribution >= 0.6 is 0 Å². The van der Waals surface area contributed by atoms with Gasteiger partial charge in [-0.2, -0.15) is 0 Å². The molecule has 17 heavy (non-hydrogen) atoms. The maximum Gasteiger partial charge on any atom is 0.271 e. The van der Waals surface area contributed by atoms with E-state index in [9.17, 15) is 4.79 Å². The van der Waals surface area contributed by atoms with Crippen LogP contribution in [0.2, 0.25) is 0 Å². The van der Waals surface area contributed by atoms with Crippen LogP contribution in [0.3, 0.4) is 0 Å². The van der Waals surface area contributed by atoms with Gasteiger partial charge in [-0.05, 0) is 12.1 Å². The number of amides is 1. The summed E-state index contributed by atoms with van der Waals surface area (Å²) in [7, 11) is 3.46. The van der Waals surface area contributed by atoms with Crippen molar-refractivity contribution in [3.63, 3.8) is 0 Å². The van der Waals surface area contributed by atoms with E-state index in [4.69, 9.17) is 0 Å². The number of anilines is 1. The molecule has 0 radical (unpaired) electrons. The van der Waals surface area contributed by atoms with Crippen LogP contribution in [0, 0.1) is 0 Å². The van der Waals surface area contributed by atoms with Crippen molar-refractivity contribution in [1.29, 1.82) is 0 Å². The summed E-state index contributed by atoms with van der Waals surface area (Å²) in [4.78, 5) is 19.7. The Balaban J connectivity index is 2.09. The highest BCUT2D eigenvalue weighted by Gasteiger charge is 2.13. The summed E-state index contributed by atoms with van der Waals surface area (Å²) in [6.45, 7) is 3.97. The molecule has 0 saturated carbocycles. The highest BCUT2D eigenvalue weighted by atomic mass is 16.2. The summed E-state index contributed by atoms with van der Waals surface area (Å²) >= 11 is 0. The van der Waals surface area contributed by atoms with Crippen LogP contribution in [-0.4, -0.2) is 56.1 Å². The van der Waals surface area contributed by atoms with Gasteiger partial charge in [0.05, 0.1) is 11.9 Å². The molecule has 5 nitrogen and oxygen atoms in total. The molecule has 0 aromatic carbocycles. The van der Waals surface area contributed by atoms with Crippen molar-refractivity contribution in [2.24, 2.45) is 0 Å². The predicted octanol–water partition coefficient (Wildman–Crippen LogP) is 0.193. The lowest BCUT2D eigenvalue weighted by molar-refractivity contribution is 0.0822. The predicted molar refractivity (Wildman–Crippen MR) is 67.3 cm³/mol. The first kappa shape index (κ1) is 11.9. The number of pyridine rings is 1. The van der Waals surface area contributed by atoms with Crippen molar-refractivity contribution >= 4 is 11.6 Å². The number of rotatable bonds is 2. The fourth-order valence-corrected chi connectivity index (χ4v) is 1.85. The zero-order valence-electron chi connectivity index (χ0n) is 10.3. The van der Waals surface area contributed by atoms with E-state index in [1.807, 2.05) is 6.07 Å². The van der Waals surface area contributed by atoms with Gasteiger partial charge in [0.1, 0.15) is 5.69 Å². The molecule has 0 unspecified atom stereocenters. The van der Waals surface area contributed by atoms with E-state index in [0.29, 0.717) is 5.69 Å². The van der Waals surface area contributed by atoms with Crippen molar-refractivity contribution in [3.05, 3.63) is 24.0 Å². The van der Waals surface area contributed by atoms with Crippen LogP contribution < -0.4 is 10.2 Å². The Hall–Kier alpha value is -1.62. The quantitative estimate of drug-likeness (QED) is 0.794. The molecule has 1 fully saturated rings. The summed E-state index contributed by atoms with van der Waals surface area (Å²) in [6.07, 6.45) is 1.78. The number of aromatic nitrogens is 1. The van der Waals surface area contributed by atoms with Gasteiger partial charge in [-0.15, -0.1) is 0 Å². The van der Waals surface area contributed by atoms with Gasteiger partial charge in [-0.1, -0.05) is 0 Å². The van der Waals surface area contributed by atoms with Crippen LogP contribution in [0.1, 0.15) is 10.5 Å². The van der Waals surface area contributed by atoms with Crippen LogP contribution in [0.15, 0.2) is 18.3 Å². The number of hydrogen-bond acceptors (Lipinski definition) is 4. The molecule has 92 valence electrons. The minimum absolute atomic E-state index is 0.0585. The van der Waals surface area contributed by atoms with Gasteiger partial charge in [-0.3, -0.25) is 4.79 Å². The van der Waals surface area contributed by atoms with E-state index in [0.717, 1.165) is 31.9 Å². The van der Waals surface area contributed by atoms with E-state index < -0.39 is 0 Å². The van der Waals surface area contributed by atoms with Gasteiger partial charge in [-0.25, -0.2) is 4.98 Å². The molecule has 1 N–H and O–H groups in total. The summed E-state index contributed by atoms with van der Waals surface area (Å²) in [6, 6.07) is 3.76. The Morgan fingerprint density at radius 2 is 2.06 bits per heavy atom. The zero-order valence-corrected chi connectivity index (χ0v) is 10.3. The molecule has 2 heterocycles. The minimum atomic E-state index is -0.0585. The number of piperazine rings is 1. The first-order valence-corrected chi connectivity index (χ1v) is 5.82. The molecule has 0 spiro atoms. The Kier molecular flexibility index (Phi) is 3.58. The summed E-state index contributed by atoms with van der Waals surface area (Å²) in [5.74, 6) is -0.0585. The topological polar surface area (TPSA) is 48.5 Å². The van der Waals surface area contributed by atoms with Gasteiger partial charge in [0.25, 0.3) is 5.91 Å². The molecule has 1 aliphatic heterocycles. The molecule has 5 heteroatoms. The Labute approximate surface area is 101 Å². The number of nitrogens with zero attached hydrogens (tertiary/aromatic N) is 3. The number of carbonyl (C=O) groups is 1. The normalized spacial score (nSPS) is 15.8. The van der Waals surface area contributed by atoms with E-state index in [2.05, 4.69) is 15.2 Å².